The second-order valence-corrected chi connectivity index (χ2v) is 5.02. The van der Waals surface area contributed by atoms with E-state index in [1.165, 1.54) is 31.3 Å². The van der Waals surface area contributed by atoms with Crippen LogP contribution in [0.1, 0.15) is 39.5 Å². The van der Waals surface area contributed by atoms with Gasteiger partial charge < -0.3 is 5.32 Å². The van der Waals surface area contributed by atoms with Gasteiger partial charge in [-0.3, -0.25) is 4.90 Å². The van der Waals surface area contributed by atoms with Crippen molar-refractivity contribution in [2.75, 3.05) is 20.6 Å². The molecule has 0 radical (unpaired) electrons. The predicted octanol–water partition coefficient (Wildman–Crippen LogP) is 2.42. The van der Waals surface area contributed by atoms with Gasteiger partial charge in [-0.25, -0.2) is 0 Å². The van der Waals surface area contributed by atoms with Crippen molar-refractivity contribution < 1.29 is 0 Å². The van der Waals surface area contributed by atoms with Crippen LogP contribution in [0.2, 0.25) is 0 Å². The minimum absolute atomic E-state index is 0.762. The van der Waals surface area contributed by atoms with Crippen LogP contribution in [0, 0.1) is 0 Å². The Hall–Kier alpha value is -0.340. The van der Waals surface area contributed by atoms with Crippen LogP contribution in [0.3, 0.4) is 0 Å². The smallest absolute Gasteiger partial charge is 0.0165 e. The molecule has 1 saturated carbocycles. The first-order valence-electron chi connectivity index (χ1n) is 6.14. The Labute approximate surface area is 94.7 Å². The van der Waals surface area contributed by atoms with Crippen LogP contribution in [0.15, 0.2) is 11.6 Å². The molecule has 1 N–H and O–H groups in total. The Bertz CT molecular complexity index is 199. The summed E-state index contributed by atoms with van der Waals surface area (Å²) >= 11 is 0. The minimum atomic E-state index is 0.762. The van der Waals surface area contributed by atoms with Crippen molar-refractivity contribution in [2.24, 2.45) is 0 Å². The fraction of sp³-hybridized carbons (Fsp3) is 0.846. The molecular weight excluding hydrogens is 184 g/mol. The Balaban J connectivity index is 2.29. The number of nitrogens with one attached hydrogen (secondary N) is 1. The van der Waals surface area contributed by atoms with Crippen molar-refractivity contribution in [2.45, 2.75) is 51.6 Å². The summed E-state index contributed by atoms with van der Waals surface area (Å²) in [7, 11) is 4.34. The van der Waals surface area contributed by atoms with E-state index in [1.807, 2.05) is 0 Å². The molecule has 0 saturated heterocycles. The Morgan fingerprint density at radius 2 is 1.87 bits per heavy atom. The Kier molecular flexibility index (Phi) is 5.34. The second kappa shape index (κ2) is 6.29. The zero-order valence-corrected chi connectivity index (χ0v) is 10.7. The third kappa shape index (κ3) is 4.35. The van der Waals surface area contributed by atoms with Gasteiger partial charge in [0, 0.05) is 18.6 Å². The SMILES string of the molecule is CNC1CCC(N(C)CC=C(C)C)CC1. The summed E-state index contributed by atoms with van der Waals surface area (Å²) in [5, 5.41) is 3.38. The molecule has 0 amide bonds. The lowest BCUT2D eigenvalue weighted by atomic mass is 9.90. The lowest BCUT2D eigenvalue weighted by Crippen LogP contribution is -2.39. The predicted molar refractivity (Wildman–Crippen MR) is 67.2 cm³/mol. The van der Waals surface area contributed by atoms with Crippen LogP contribution in [0.4, 0.5) is 0 Å². The molecule has 0 aromatic heterocycles. The van der Waals surface area contributed by atoms with E-state index in [0.717, 1.165) is 18.6 Å². The first-order valence-corrected chi connectivity index (χ1v) is 6.14. The highest BCUT2D eigenvalue weighted by atomic mass is 15.1. The van der Waals surface area contributed by atoms with Gasteiger partial charge in [0.25, 0.3) is 0 Å². The number of nitrogens with zero attached hydrogens (tertiary/aromatic N) is 1. The molecule has 0 aliphatic heterocycles. The quantitative estimate of drug-likeness (QED) is 0.717. The Morgan fingerprint density at radius 1 is 1.27 bits per heavy atom. The van der Waals surface area contributed by atoms with Crippen LogP contribution < -0.4 is 5.32 Å². The maximum Gasteiger partial charge on any atom is 0.0165 e. The summed E-state index contributed by atoms with van der Waals surface area (Å²) < 4.78 is 0. The summed E-state index contributed by atoms with van der Waals surface area (Å²) in [6.07, 6.45) is 7.68. The van der Waals surface area contributed by atoms with E-state index in [4.69, 9.17) is 0 Å². The van der Waals surface area contributed by atoms with Gasteiger partial charge in [0.05, 0.1) is 0 Å². The van der Waals surface area contributed by atoms with Crippen molar-refractivity contribution in [1.29, 1.82) is 0 Å². The molecule has 0 spiro atoms. The summed E-state index contributed by atoms with van der Waals surface area (Å²) in [4.78, 5) is 2.50. The standard InChI is InChI=1S/C13H26N2/c1-11(2)9-10-15(4)13-7-5-12(14-3)6-8-13/h9,12-14H,5-8,10H2,1-4H3. The van der Waals surface area contributed by atoms with Gasteiger partial charge in [0.1, 0.15) is 0 Å². The average molecular weight is 210 g/mol. The van der Waals surface area contributed by atoms with E-state index < -0.39 is 0 Å². The summed E-state index contributed by atoms with van der Waals surface area (Å²) in [5.74, 6) is 0. The van der Waals surface area contributed by atoms with Crippen LogP contribution >= 0.6 is 0 Å². The van der Waals surface area contributed by atoms with Gasteiger partial charge in [-0.15, -0.1) is 0 Å². The van der Waals surface area contributed by atoms with Crippen molar-refractivity contribution >= 4 is 0 Å². The molecule has 15 heavy (non-hydrogen) atoms. The molecule has 1 aliphatic carbocycles. The highest BCUT2D eigenvalue weighted by Gasteiger charge is 2.22. The summed E-state index contributed by atoms with van der Waals surface area (Å²) in [5.41, 5.74) is 1.42. The maximum absolute atomic E-state index is 3.38. The molecule has 0 atom stereocenters. The molecule has 0 heterocycles. The molecular formula is C13H26N2. The van der Waals surface area contributed by atoms with Crippen LogP contribution in [0.5, 0.6) is 0 Å². The highest BCUT2D eigenvalue weighted by Crippen LogP contribution is 2.22. The van der Waals surface area contributed by atoms with E-state index in [0.29, 0.717) is 0 Å². The second-order valence-electron chi connectivity index (χ2n) is 5.02. The third-order valence-electron chi connectivity index (χ3n) is 3.52. The average Bonchev–Trinajstić information content (AvgIpc) is 2.26. The molecule has 0 unspecified atom stereocenters. The Morgan fingerprint density at radius 3 is 2.33 bits per heavy atom. The molecule has 1 rings (SSSR count). The number of hydrogen-bond donors (Lipinski definition) is 1. The number of likely N-dealkylation sites (N-methyl/N-ethyl adjacent to an activating group) is 1. The molecule has 1 aliphatic rings. The zero-order valence-electron chi connectivity index (χ0n) is 10.7. The third-order valence-corrected chi connectivity index (χ3v) is 3.52. The molecule has 88 valence electrons. The number of allylic oxidation sites excluding steroid dienone is 1. The van der Waals surface area contributed by atoms with Gasteiger partial charge in [0.15, 0.2) is 0 Å². The van der Waals surface area contributed by atoms with Gasteiger partial charge in [-0.1, -0.05) is 11.6 Å². The summed E-state index contributed by atoms with van der Waals surface area (Å²) in [6.45, 7) is 5.45. The topological polar surface area (TPSA) is 15.3 Å². The van der Waals surface area contributed by atoms with Gasteiger partial charge in [0.2, 0.25) is 0 Å². The lowest BCUT2D eigenvalue weighted by Gasteiger charge is -2.34. The van der Waals surface area contributed by atoms with Gasteiger partial charge in [-0.05, 0) is 53.6 Å². The van der Waals surface area contributed by atoms with E-state index >= 15 is 0 Å². The highest BCUT2D eigenvalue weighted by molar-refractivity contribution is 4.95. The molecule has 2 heteroatoms. The van der Waals surface area contributed by atoms with Crippen molar-refractivity contribution in [1.82, 2.24) is 10.2 Å². The van der Waals surface area contributed by atoms with E-state index in [2.05, 4.69) is 44.2 Å². The fourth-order valence-corrected chi connectivity index (χ4v) is 2.28. The van der Waals surface area contributed by atoms with Gasteiger partial charge in [-0.2, -0.15) is 0 Å². The van der Waals surface area contributed by atoms with Crippen molar-refractivity contribution in [3.8, 4) is 0 Å². The number of hydrogen-bond acceptors (Lipinski definition) is 2. The first-order chi connectivity index (χ1) is 7.13. The lowest BCUT2D eigenvalue weighted by molar-refractivity contribution is 0.191. The van der Waals surface area contributed by atoms with E-state index in [-0.39, 0.29) is 0 Å². The fourth-order valence-electron chi connectivity index (χ4n) is 2.28. The van der Waals surface area contributed by atoms with Crippen LogP contribution in [-0.4, -0.2) is 37.6 Å². The van der Waals surface area contributed by atoms with E-state index in [9.17, 15) is 0 Å². The van der Waals surface area contributed by atoms with Gasteiger partial charge >= 0.3 is 0 Å². The minimum Gasteiger partial charge on any atom is -0.317 e. The maximum atomic E-state index is 3.38. The normalized spacial score (nSPS) is 26.7. The molecule has 2 nitrogen and oxygen atoms in total. The largest absolute Gasteiger partial charge is 0.317 e. The number of rotatable bonds is 4. The zero-order chi connectivity index (χ0) is 11.3. The van der Waals surface area contributed by atoms with E-state index in [1.54, 1.807) is 0 Å². The monoisotopic (exact) mass is 210 g/mol. The van der Waals surface area contributed by atoms with Crippen molar-refractivity contribution in [3.05, 3.63) is 11.6 Å². The first kappa shape index (κ1) is 12.7. The van der Waals surface area contributed by atoms with Crippen molar-refractivity contribution in [3.63, 3.8) is 0 Å². The molecule has 1 fully saturated rings. The molecule has 0 bridgehead atoms. The van der Waals surface area contributed by atoms with Crippen LogP contribution in [-0.2, 0) is 0 Å². The van der Waals surface area contributed by atoms with Crippen LogP contribution in [0.25, 0.3) is 0 Å². The summed E-state index contributed by atoms with van der Waals surface area (Å²) in [6, 6.07) is 1.56. The molecule has 0 aromatic rings. The molecule has 0 aromatic carbocycles.